The third-order valence-electron chi connectivity index (χ3n) is 9.95. The molecule has 0 spiro atoms. The first-order valence-electron chi connectivity index (χ1n) is 21.7. The zero-order chi connectivity index (χ0) is 35.7. The van der Waals surface area contributed by atoms with Crippen molar-refractivity contribution in [3.63, 3.8) is 0 Å². The van der Waals surface area contributed by atoms with Crippen LogP contribution in [0.1, 0.15) is 226 Å². The van der Waals surface area contributed by atoms with E-state index in [1.54, 1.807) is 6.08 Å². The number of rotatable bonds is 39. The molecular formula is C45H85NO3. The number of carbonyl (C=O) groups is 1. The van der Waals surface area contributed by atoms with Crippen LogP contribution in [0.4, 0.5) is 0 Å². The van der Waals surface area contributed by atoms with E-state index in [4.69, 9.17) is 0 Å². The van der Waals surface area contributed by atoms with E-state index < -0.39 is 12.1 Å². The van der Waals surface area contributed by atoms with E-state index in [2.05, 4.69) is 36.5 Å². The minimum atomic E-state index is -0.865. The molecule has 0 heterocycles. The van der Waals surface area contributed by atoms with E-state index in [1.165, 1.54) is 167 Å². The van der Waals surface area contributed by atoms with E-state index >= 15 is 0 Å². The fourth-order valence-corrected chi connectivity index (χ4v) is 6.63. The van der Waals surface area contributed by atoms with Crippen molar-refractivity contribution in [2.24, 2.45) is 0 Å². The lowest BCUT2D eigenvalue weighted by Crippen LogP contribution is -2.45. The SMILES string of the molecule is C/C=C/CC/C=C/CC/C=C/C(O)C(CO)NC(=O)CCCCCCCCCCCCCCCCCCCCCCCCCCCCCC. The number of nitrogens with one attached hydrogen (secondary N) is 1. The lowest BCUT2D eigenvalue weighted by atomic mass is 10.0. The first-order valence-corrected chi connectivity index (χ1v) is 21.7. The van der Waals surface area contributed by atoms with Gasteiger partial charge in [0.2, 0.25) is 5.91 Å². The number of hydrogen-bond donors (Lipinski definition) is 3. The molecule has 0 bridgehead atoms. The minimum absolute atomic E-state index is 0.0784. The van der Waals surface area contributed by atoms with Gasteiger partial charge in [-0.25, -0.2) is 0 Å². The molecule has 288 valence electrons. The normalized spacial score (nSPS) is 13.3. The van der Waals surface area contributed by atoms with Gasteiger partial charge < -0.3 is 15.5 Å². The fraction of sp³-hybridized carbons (Fsp3) is 0.844. The third-order valence-corrected chi connectivity index (χ3v) is 9.95. The highest BCUT2D eigenvalue weighted by atomic mass is 16.3. The molecule has 0 saturated heterocycles. The molecule has 0 aromatic heterocycles. The van der Waals surface area contributed by atoms with Crippen LogP contribution in [0.2, 0.25) is 0 Å². The molecule has 0 rings (SSSR count). The Kier molecular flexibility index (Phi) is 39.9. The monoisotopic (exact) mass is 688 g/mol. The van der Waals surface area contributed by atoms with Crippen molar-refractivity contribution in [1.82, 2.24) is 5.32 Å². The number of aliphatic hydroxyl groups excluding tert-OH is 2. The number of carbonyl (C=O) groups excluding carboxylic acids is 1. The third kappa shape index (κ3) is 37.7. The van der Waals surface area contributed by atoms with Crippen molar-refractivity contribution < 1.29 is 15.0 Å². The first kappa shape index (κ1) is 47.6. The Morgan fingerprint density at radius 3 is 1.18 bits per heavy atom. The zero-order valence-corrected chi connectivity index (χ0v) is 33.0. The van der Waals surface area contributed by atoms with Gasteiger partial charge in [0.15, 0.2) is 0 Å². The summed E-state index contributed by atoms with van der Waals surface area (Å²) >= 11 is 0. The Hall–Kier alpha value is -1.39. The Labute approximate surface area is 306 Å². The topological polar surface area (TPSA) is 69.6 Å². The molecule has 2 unspecified atom stereocenters. The van der Waals surface area contributed by atoms with E-state index in [1.807, 2.05) is 13.0 Å². The molecule has 4 heteroatoms. The second-order valence-corrected chi connectivity index (χ2v) is 14.8. The first-order chi connectivity index (χ1) is 24.2. The van der Waals surface area contributed by atoms with Gasteiger partial charge in [-0.2, -0.15) is 0 Å². The Balaban J connectivity index is 3.42. The van der Waals surface area contributed by atoms with Crippen LogP contribution in [0.3, 0.4) is 0 Å². The van der Waals surface area contributed by atoms with Gasteiger partial charge in [0.05, 0.1) is 18.8 Å². The lowest BCUT2D eigenvalue weighted by Gasteiger charge is -2.19. The summed E-state index contributed by atoms with van der Waals surface area (Å²) in [5.41, 5.74) is 0. The highest BCUT2D eigenvalue weighted by Crippen LogP contribution is 2.16. The van der Waals surface area contributed by atoms with Crippen molar-refractivity contribution in [2.45, 2.75) is 238 Å². The van der Waals surface area contributed by atoms with Gasteiger partial charge in [-0.05, 0) is 39.0 Å². The maximum absolute atomic E-state index is 12.3. The molecule has 0 aliphatic rings. The highest BCUT2D eigenvalue weighted by Gasteiger charge is 2.17. The van der Waals surface area contributed by atoms with E-state index in [0.717, 1.165) is 38.5 Å². The van der Waals surface area contributed by atoms with Crippen LogP contribution in [0, 0.1) is 0 Å². The minimum Gasteiger partial charge on any atom is -0.394 e. The van der Waals surface area contributed by atoms with Crippen LogP contribution in [-0.4, -0.2) is 34.9 Å². The predicted molar refractivity (Wildman–Crippen MR) is 216 cm³/mol. The van der Waals surface area contributed by atoms with Gasteiger partial charge in [0, 0.05) is 6.42 Å². The quantitative estimate of drug-likeness (QED) is 0.0445. The Morgan fingerprint density at radius 1 is 0.510 bits per heavy atom. The molecule has 0 radical (unpaired) electrons. The second-order valence-electron chi connectivity index (χ2n) is 14.8. The van der Waals surface area contributed by atoms with Crippen LogP contribution in [0.5, 0.6) is 0 Å². The predicted octanol–water partition coefficient (Wildman–Crippen LogP) is 13.4. The standard InChI is InChI=1S/C45H85NO3/c1-3-5-7-9-11-13-14-15-16-17-18-19-20-21-22-23-24-25-26-27-28-29-30-31-33-35-37-39-41-45(49)46-43(42-47)44(48)40-38-36-34-32-12-10-8-6-4-2/h4,6,12,32,38,40,43-44,47-48H,3,5,7-11,13-31,33-37,39,41-42H2,1-2H3,(H,46,49)/b6-4+,32-12+,40-38+. The Morgan fingerprint density at radius 2 is 0.837 bits per heavy atom. The van der Waals surface area contributed by atoms with Crippen LogP contribution in [-0.2, 0) is 4.79 Å². The van der Waals surface area contributed by atoms with E-state index in [9.17, 15) is 15.0 Å². The van der Waals surface area contributed by atoms with Gasteiger partial charge >= 0.3 is 0 Å². The molecular weight excluding hydrogens is 602 g/mol. The lowest BCUT2D eigenvalue weighted by molar-refractivity contribution is -0.123. The molecule has 3 N–H and O–H groups in total. The molecule has 0 aliphatic heterocycles. The molecule has 0 aromatic rings. The molecule has 2 atom stereocenters. The zero-order valence-electron chi connectivity index (χ0n) is 33.0. The maximum Gasteiger partial charge on any atom is 0.220 e. The summed E-state index contributed by atoms with van der Waals surface area (Å²) < 4.78 is 0. The summed E-state index contributed by atoms with van der Waals surface area (Å²) in [4.78, 5) is 12.3. The van der Waals surface area contributed by atoms with Crippen molar-refractivity contribution >= 4 is 5.91 Å². The molecule has 49 heavy (non-hydrogen) atoms. The van der Waals surface area contributed by atoms with Crippen LogP contribution in [0.15, 0.2) is 36.5 Å². The maximum atomic E-state index is 12.3. The molecule has 0 aliphatic carbocycles. The average Bonchev–Trinajstić information content (AvgIpc) is 3.10. The summed E-state index contributed by atoms with van der Waals surface area (Å²) in [5.74, 6) is -0.0784. The van der Waals surface area contributed by atoms with E-state index in [0.29, 0.717) is 6.42 Å². The van der Waals surface area contributed by atoms with Gasteiger partial charge in [-0.3, -0.25) is 4.79 Å². The molecule has 0 aromatic carbocycles. The smallest absolute Gasteiger partial charge is 0.220 e. The summed E-state index contributed by atoms with van der Waals surface area (Å²) in [6.45, 7) is 4.07. The number of allylic oxidation sites excluding steroid dienone is 5. The van der Waals surface area contributed by atoms with Crippen molar-refractivity contribution in [3.05, 3.63) is 36.5 Å². The van der Waals surface area contributed by atoms with Gasteiger partial charge in [-0.15, -0.1) is 0 Å². The average molecular weight is 688 g/mol. The number of aliphatic hydroxyl groups is 2. The highest BCUT2D eigenvalue weighted by molar-refractivity contribution is 5.76. The van der Waals surface area contributed by atoms with Crippen LogP contribution < -0.4 is 5.32 Å². The van der Waals surface area contributed by atoms with Gasteiger partial charge in [0.25, 0.3) is 0 Å². The molecule has 4 nitrogen and oxygen atoms in total. The summed E-state index contributed by atoms with van der Waals surface area (Å²) in [7, 11) is 0. The molecule has 1 amide bonds. The van der Waals surface area contributed by atoms with E-state index in [-0.39, 0.29) is 12.5 Å². The Bertz CT molecular complexity index is 746. The number of hydrogen-bond acceptors (Lipinski definition) is 3. The summed E-state index contributed by atoms with van der Waals surface area (Å²) in [6, 6.07) is -0.640. The van der Waals surface area contributed by atoms with Crippen molar-refractivity contribution in [3.8, 4) is 0 Å². The number of amides is 1. The van der Waals surface area contributed by atoms with Gasteiger partial charge in [0.1, 0.15) is 0 Å². The molecule has 0 fully saturated rings. The fourth-order valence-electron chi connectivity index (χ4n) is 6.63. The van der Waals surface area contributed by atoms with Crippen LogP contribution >= 0.6 is 0 Å². The van der Waals surface area contributed by atoms with Crippen molar-refractivity contribution in [1.29, 1.82) is 0 Å². The number of unbranched alkanes of at least 4 members (excludes halogenated alkanes) is 29. The van der Waals surface area contributed by atoms with Gasteiger partial charge in [-0.1, -0.05) is 217 Å². The van der Waals surface area contributed by atoms with Crippen molar-refractivity contribution in [2.75, 3.05) is 6.61 Å². The largest absolute Gasteiger partial charge is 0.394 e. The molecule has 0 saturated carbocycles. The summed E-state index contributed by atoms with van der Waals surface area (Å²) in [5, 5.41) is 22.8. The summed E-state index contributed by atoms with van der Waals surface area (Å²) in [6.07, 6.45) is 54.4. The van der Waals surface area contributed by atoms with Crippen LogP contribution in [0.25, 0.3) is 0 Å². The second kappa shape index (κ2) is 41.0.